The minimum Gasteiger partial charge on any atom is -0.353 e. The highest BCUT2D eigenvalue weighted by Crippen LogP contribution is 2.35. The molecule has 1 atom stereocenters. The van der Waals surface area contributed by atoms with Crippen LogP contribution >= 0.6 is 0 Å². The van der Waals surface area contributed by atoms with Crippen LogP contribution < -0.4 is 10.6 Å². The number of amides is 2. The Bertz CT molecular complexity index is 886. The number of carbonyl (C=O) groups excluding carboxylic acids is 2. The van der Waals surface area contributed by atoms with Crippen LogP contribution in [-0.4, -0.2) is 52.2 Å². The Morgan fingerprint density at radius 2 is 1.97 bits per heavy atom. The minimum absolute atomic E-state index is 0.00176. The summed E-state index contributed by atoms with van der Waals surface area (Å²) in [6.45, 7) is 5.46. The molecule has 2 N–H and O–H groups in total. The molecule has 1 aliphatic heterocycles. The van der Waals surface area contributed by atoms with E-state index < -0.39 is 0 Å². The van der Waals surface area contributed by atoms with Gasteiger partial charge in [0.1, 0.15) is 5.82 Å². The van der Waals surface area contributed by atoms with Crippen LogP contribution in [0.25, 0.3) is 5.69 Å². The molecule has 160 valence electrons. The number of piperazine rings is 1. The Balaban J connectivity index is 1.54. The molecular formula is C23H31N5O2. The van der Waals surface area contributed by atoms with Crippen LogP contribution in [0.1, 0.15) is 51.1 Å². The molecule has 2 amide bonds. The van der Waals surface area contributed by atoms with Crippen molar-refractivity contribution in [3.05, 3.63) is 42.1 Å². The number of nitrogens with one attached hydrogen (secondary N) is 2. The predicted molar refractivity (Wildman–Crippen MR) is 117 cm³/mol. The first-order valence-electron chi connectivity index (χ1n) is 11.0. The van der Waals surface area contributed by atoms with Gasteiger partial charge in [-0.2, -0.15) is 5.10 Å². The lowest BCUT2D eigenvalue weighted by atomic mass is 10.00. The molecule has 1 aliphatic carbocycles. The largest absolute Gasteiger partial charge is 0.353 e. The molecule has 2 fully saturated rings. The van der Waals surface area contributed by atoms with E-state index in [0.717, 1.165) is 24.2 Å². The molecule has 1 saturated carbocycles. The van der Waals surface area contributed by atoms with E-state index in [-0.39, 0.29) is 30.3 Å². The Morgan fingerprint density at radius 1 is 1.23 bits per heavy atom. The van der Waals surface area contributed by atoms with Gasteiger partial charge in [0.2, 0.25) is 11.8 Å². The lowest BCUT2D eigenvalue weighted by Gasteiger charge is -2.36. The molecule has 1 aromatic carbocycles. The predicted octanol–water partition coefficient (Wildman–Crippen LogP) is 2.92. The van der Waals surface area contributed by atoms with Crippen molar-refractivity contribution >= 4 is 17.6 Å². The average Bonchev–Trinajstić information content (AvgIpc) is 3.38. The monoisotopic (exact) mass is 409 g/mol. The summed E-state index contributed by atoms with van der Waals surface area (Å²) in [5.74, 6) is 1.17. The molecular weight excluding hydrogens is 378 g/mol. The van der Waals surface area contributed by atoms with Crippen LogP contribution in [-0.2, 0) is 9.59 Å². The zero-order chi connectivity index (χ0) is 21.1. The van der Waals surface area contributed by atoms with Crippen LogP contribution in [0.3, 0.4) is 0 Å². The summed E-state index contributed by atoms with van der Waals surface area (Å²) in [6, 6.07) is 11.6. The molecule has 1 unspecified atom stereocenters. The van der Waals surface area contributed by atoms with Crippen molar-refractivity contribution in [1.82, 2.24) is 20.0 Å². The van der Waals surface area contributed by atoms with Crippen molar-refractivity contribution < 1.29 is 9.59 Å². The zero-order valence-corrected chi connectivity index (χ0v) is 17.8. The van der Waals surface area contributed by atoms with E-state index in [1.165, 1.54) is 12.8 Å². The molecule has 0 spiro atoms. The lowest BCUT2D eigenvalue weighted by molar-refractivity contribution is -0.132. The van der Waals surface area contributed by atoms with Crippen molar-refractivity contribution in [2.45, 2.75) is 51.5 Å². The SMILES string of the molecule is CC(C)C1C(=O)NCCN1CC(=O)Nc1cc(C2CCCC2)nn1-c1ccccc1. The highest BCUT2D eigenvalue weighted by atomic mass is 16.2. The number of carbonyl (C=O) groups is 2. The number of nitrogens with zero attached hydrogens (tertiary/aromatic N) is 3. The summed E-state index contributed by atoms with van der Waals surface area (Å²) < 4.78 is 1.83. The van der Waals surface area contributed by atoms with Crippen LogP contribution in [0.2, 0.25) is 0 Å². The molecule has 0 radical (unpaired) electrons. The fraction of sp³-hybridized carbons (Fsp3) is 0.522. The Kier molecular flexibility index (Phi) is 6.18. The van der Waals surface area contributed by atoms with Gasteiger partial charge in [-0.05, 0) is 30.9 Å². The number of anilines is 1. The maximum Gasteiger partial charge on any atom is 0.239 e. The minimum atomic E-state index is -0.280. The first-order chi connectivity index (χ1) is 14.5. The third-order valence-corrected chi connectivity index (χ3v) is 6.11. The smallest absolute Gasteiger partial charge is 0.239 e. The van der Waals surface area contributed by atoms with Crippen molar-refractivity contribution in [3.8, 4) is 5.69 Å². The van der Waals surface area contributed by atoms with Gasteiger partial charge in [-0.15, -0.1) is 0 Å². The van der Waals surface area contributed by atoms with E-state index >= 15 is 0 Å². The summed E-state index contributed by atoms with van der Waals surface area (Å²) in [5.41, 5.74) is 1.97. The van der Waals surface area contributed by atoms with Gasteiger partial charge in [-0.25, -0.2) is 4.68 Å². The fourth-order valence-corrected chi connectivity index (χ4v) is 4.68. The third kappa shape index (κ3) is 4.41. The van der Waals surface area contributed by atoms with Crippen molar-refractivity contribution in [2.75, 3.05) is 25.0 Å². The third-order valence-electron chi connectivity index (χ3n) is 6.11. The molecule has 2 aromatic rings. The molecule has 30 heavy (non-hydrogen) atoms. The maximum absolute atomic E-state index is 12.9. The second-order valence-electron chi connectivity index (χ2n) is 8.68. The molecule has 2 aliphatic rings. The Hall–Kier alpha value is -2.67. The van der Waals surface area contributed by atoms with Gasteiger partial charge in [-0.3, -0.25) is 14.5 Å². The van der Waals surface area contributed by atoms with E-state index in [0.29, 0.717) is 24.8 Å². The summed E-state index contributed by atoms with van der Waals surface area (Å²) in [7, 11) is 0. The highest BCUT2D eigenvalue weighted by molar-refractivity contribution is 5.92. The first-order valence-corrected chi connectivity index (χ1v) is 11.0. The molecule has 0 bridgehead atoms. The van der Waals surface area contributed by atoms with Gasteiger partial charge in [-0.1, -0.05) is 44.9 Å². The Morgan fingerprint density at radius 3 is 2.67 bits per heavy atom. The number of hydrogen-bond acceptors (Lipinski definition) is 4. The summed E-state index contributed by atoms with van der Waals surface area (Å²) in [5, 5.41) is 10.8. The van der Waals surface area contributed by atoms with E-state index in [1.54, 1.807) is 0 Å². The highest BCUT2D eigenvalue weighted by Gasteiger charge is 2.33. The normalized spacial score (nSPS) is 20.5. The summed E-state index contributed by atoms with van der Waals surface area (Å²) in [6.07, 6.45) is 4.77. The number of hydrogen-bond donors (Lipinski definition) is 2. The molecule has 2 heterocycles. The number of benzene rings is 1. The van der Waals surface area contributed by atoms with Crippen LogP contribution in [0, 0.1) is 5.92 Å². The molecule has 4 rings (SSSR count). The van der Waals surface area contributed by atoms with E-state index in [4.69, 9.17) is 5.10 Å². The van der Waals surface area contributed by atoms with Crippen LogP contribution in [0.15, 0.2) is 36.4 Å². The quantitative estimate of drug-likeness (QED) is 0.769. The number of rotatable bonds is 6. The molecule has 1 aromatic heterocycles. The fourth-order valence-electron chi connectivity index (χ4n) is 4.68. The average molecular weight is 410 g/mol. The van der Waals surface area contributed by atoms with Crippen LogP contribution in [0.5, 0.6) is 0 Å². The second kappa shape index (κ2) is 9.00. The topological polar surface area (TPSA) is 79.3 Å². The summed E-state index contributed by atoms with van der Waals surface area (Å²) >= 11 is 0. The number of para-hydroxylation sites is 1. The van der Waals surface area contributed by atoms with Crippen LogP contribution in [0.4, 0.5) is 5.82 Å². The molecule has 7 nitrogen and oxygen atoms in total. The van der Waals surface area contributed by atoms with Gasteiger partial charge in [0.05, 0.1) is 24.0 Å². The van der Waals surface area contributed by atoms with E-state index in [9.17, 15) is 9.59 Å². The van der Waals surface area contributed by atoms with Gasteiger partial charge in [0.25, 0.3) is 0 Å². The zero-order valence-electron chi connectivity index (χ0n) is 17.8. The molecule has 1 saturated heterocycles. The van der Waals surface area contributed by atoms with E-state index in [1.807, 2.05) is 59.8 Å². The Labute approximate surface area is 177 Å². The second-order valence-corrected chi connectivity index (χ2v) is 8.68. The van der Waals surface area contributed by atoms with Crippen molar-refractivity contribution in [2.24, 2.45) is 5.92 Å². The van der Waals surface area contributed by atoms with Gasteiger partial charge < -0.3 is 10.6 Å². The van der Waals surface area contributed by atoms with Gasteiger partial charge in [0, 0.05) is 25.1 Å². The lowest BCUT2D eigenvalue weighted by Crippen LogP contribution is -2.58. The first kappa shape index (κ1) is 20.6. The van der Waals surface area contributed by atoms with Crippen molar-refractivity contribution in [1.29, 1.82) is 0 Å². The van der Waals surface area contributed by atoms with Gasteiger partial charge in [0.15, 0.2) is 0 Å². The maximum atomic E-state index is 12.9. The summed E-state index contributed by atoms with van der Waals surface area (Å²) in [4.78, 5) is 27.2. The van der Waals surface area contributed by atoms with Gasteiger partial charge >= 0.3 is 0 Å². The van der Waals surface area contributed by atoms with Crippen molar-refractivity contribution in [3.63, 3.8) is 0 Å². The van der Waals surface area contributed by atoms with E-state index in [2.05, 4.69) is 10.6 Å². The number of aromatic nitrogens is 2. The molecule has 7 heteroatoms. The standard InChI is InChI=1S/C23H31N5O2/c1-16(2)22-23(30)24-12-13-27(22)15-21(29)25-20-14-19(17-8-6-7-9-17)26-28(20)18-10-4-3-5-11-18/h3-5,10-11,14,16-17,22H,6-9,12-13,15H2,1-2H3,(H,24,30)(H,25,29).